The van der Waals surface area contributed by atoms with Crippen LogP contribution in [0.3, 0.4) is 0 Å². The number of hydrogen-bond acceptors (Lipinski definition) is 12. The lowest BCUT2D eigenvalue weighted by Crippen LogP contribution is -2.34. The van der Waals surface area contributed by atoms with Gasteiger partial charge in [-0.25, -0.2) is 25.3 Å². The van der Waals surface area contributed by atoms with Crippen LogP contribution in [-0.4, -0.2) is 40.2 Å². The topological polar surface area (TPSA) is 213 Å². The minimum atomic E-state index is -4.05. The van der Waals surface area contributed by atoms with Gasteiger partial charge >= 0.3 is 0 Å². The van der Waals surface area contributed by atoms with Gasteiger partial charge < -0.3 is 0 Å². The van der Waals surface area contributed by atoms with E-state index in [0.29, 0.717) is 0 Å². The van der Waals surface area contributed by atoms with Crippen LogP contribution >= 0.6 is 0 Å². The van der Waals surface area contributed by atoms with Crippen molar-refractivity contribution in [2.24, 2.45) is 0 Å². The van der Waals surface area contributed by atoms with E-state index in [1.165, 1.54) is 72.8 Å². The molecule has 18 heteroatoms. The number of rotatable bonds is 12. The second kappa shape index (κ2) is 11.7. The molecule has 0 aliphatic heterocycles. The molecule has 0 aliphatic rings. The first kappa shape index (κ1) is 27.8. The summed E-state index contributed by atoms with van der Waals surface area (Å²) >= 11 is 0. The van der Waals surface area contributed by atoms with E-state index in [4.69, 9.17) is 0 Å². The molecule has 0 amide bonds. The average molecular weight is 592 g/mol. The Bertz CT molecular complexity index is 1520. The first-order valence-electron chi connectivity index (χ1n) is 10.8. The minimum absolute atomic E-state index is 0.0607. The Morgan fingerprint density at radius 3 is 0.846 bits per heavy atom. The lowest BCUT2D eigenvalue weighted by molar-refractivity contribution is 0.586. The normalized spacial score (nSPS) is 12.0. The molecule has 0 aliphatic carbocycles. The molecule has 0 radical (unpaired) electrons. The average Bonchev–Trinajstić information content (AvgIpc) is 2.95. The molecule has 15 nitrogen and oxygen atoms in total. The van der Waals surface area contributed by atoms with Crippen molar-refractivity contribution >= 4 is 47.9 Å². The van der Waals surface area contributed by atoms with Gasteiger partial charge in [0.1, 0.15) is 0 Å². The summed E-state index contributed by atoms with van der Waals surface area (Å²) in [6.45, 7) is 0. The summed E-state index contributed by atoms with van der Waals surface area (Å²) in [7, 11) is -12.2. The number of benzene rings is 3. The van der Waals surface area contributed by atoms with Crippen LogP contribution in [0.4, 0.5) is 17.8 Å². The monoisotopic (exact) mass is 591 g/mol. The molecule has 0 unspecified atom stereocenters. The number of hydrogen-bond donors (Lipinski definition) is 6. The molecule has 0 fully saturated rings. The van der Waals surface area contributed by atoms with Crippen LogP contribution in [0.5, 0.6) is 0 Å². The molecule has 4 aromatic rings. The molecule has 0 spiro atoms. The van der Waals surface area contributed by atoms with Crippen molar-refractivity contribution in [2.45, 2.75) is 14.7 Å². The molecule has 204 valence electrons. The molecule has 1 heterocycles. The molecule has 3 aromatic carbocycles. The van der Waals surface area contributed by atoms with Crippen molar-refractivity contribution < 1.29 is 25.3 Å². The number of nitrogens with one attached hydrogen (secondary N) is 6. The summed E-state index contributed by atoms with van der Waals surface area (Å²) < 4.78 is 75.3. The van der Waals surface area contributed by atoms with Gasteiger partial charge in [0.05, 0.1) is 14.7 Å². The van der Waals surface area contributed by atoms with Crippen molar-refractivity contribution in [2.75, 3.05) is 16.3 Å². The number of sulfonamides is 3. The zero-order chi connectivity index (χ0) is 27.9. The van der Waals surface area contributed by atoms with E-state index in [-0.39, 0.29) is 14.7 Å². The predicted molar refractivity (Wildman–Crippen MR) is 141 cm³/mol. The van der Waals surface area contributed by atoms with Crippen LogP contribution in [0, 0.1) is 0 Å². The number of nitrogens with zero attached hydrogens (tertiary/aromatic N) is 3. The van der Waals surface area contributed by atoms with Crippen LogP contribution < -0.4 is 30.8 Å². The van der Waals surface area contributed by atoms with E-state index in [1.54, 1.807) is 18.2 Å². The van der Waals surface area contributed by atoms with Gasteiger partial charge in [-0.05, 0) is 36.4 Å². The molecule has 39 heavy (non-hydrogen) atoms. The Labute approximate surface area is 224 Å². The summed E-state index contributed by atoms with van der Waals surface area (Å²) in [5.74, 6) is -1.23. The maximum atomic E-state index is 12.5. The Hall–Kier alpha value is -4.20. The fourth-order valence-electron chi connectivity index (χ4n) is 2.86. The molecular formula is C21H21N9O6S3. The molecular weight excluding hydrogens is 570 g/mol. The van der Waals surface area contributed by atoms with Gasteiger partial charge in [0.15, 0.2) is 0 Å². The lowest BCUT2D eigenvalue weighted by atomic mass is 10.4. The summed E-state index contributed by atoms with van der Waals surface area (Å²) in [4.78, 5) is 17.8. The van der Waals surface area contributed by atoms with E-state index >= 15 is 0 Å². The molecule has 0 saturated carbocycles. The highest BCUT2D eigenvalue weighted by atomic mass is 32.2. The van der Waals surface area contributed by atoms with Crippen molar-refractivity contribution in [1.29, 1.82) is 0 Å². The maximum absolute atomic E-state index is 12.5. The van der Waals surface area contributed by atoms with Crippen LogP contribution in [0.25, 0.3) is 0 Å². The van der Waals surface area contributed by atoms with E-state index in [9.17, 15) is 25.3 Å². The fourth-order valence-corrected chi connectivity index (χ4v) is 5.43. The number of anilines is 3. The Balaban J connectivity index is 1.56. The third-order valence-corrected chi connectivity index (χ3v) is 8.48. The number of hydrazine groups is 3. The Morgan fingerprint density at radius 2 is 0.615 bits per heavy atom. The van der Waals surface area contributed by atoms with E-state index < -0.39 is 47.9 Å². The van der Waals surface area contributed by atoms with Gasteiger partial charge in [0.2, 0.25) is 17.8 Å². The van der Waals surface area contributed by atoms with Gasteiger partial charge in [0, 0.05) is 0 Å². The van der Waals surface area contributed by atoms with Crippen molar-refractivity contribution in [3.05, 3.63) is 91.0 Å². The molecule has 1 aromatic heterocycles. The molecule has 4 rings (SSSR count). The lowest BCUT2D eigenvalue weighted by Gasteiger charge is -2.13. The first-order chi connectivity index (χ1) is 18.6. The molecule has 6 N–H and O–H groups in total. The quantitative estimate of drug-likeness (QED) is 0.126. The minimum Gasteiger partial charge on any atom is -0.275 e. The van der Waals surface area contributed by atoms with E-state index in [2.05, 4.69) is 45.7 Å². The highest BCUT2D eigenvalue weighted by Gasteiger charge is 2.18. The van der Waals surface area contributed by atoms with Crippen LogP contribution in [0.15, 0.2) is 106 Å². The zero-order valence-electron chi connectivity index (χ0n) is 19.7. The Kier molecular flexibility index (Phi) is 8.33. The van der Waals surface area contributed by atoms with E-state index in [0.717, 1.165) is 0 Å². The summed E-state index contributed by atoms with van der Waals surface area (Å²) in [6, 6.07) is 22.2. The SMILES string of the molecule is O=S(=O)(NNc1nc(NNS(=O)(=O)c2ccccc2)nc(NNS(=O)(=O)c2ccccc2)n1)c1ccccc1. The maximum Gasteiger partial charge on any atom is 0.257 e. The number of aromatic nitrogens is 3. The third kappa shape index (κ3) is 7.44. The summed E-state index contributed by atoms with van der Waals surface area (Å²) in [6.07, 6.45) is 0. The third-order valence-electron chi connectivity index (χ3n) is 4.69. The highest BCUT2D eigenvalue weighted by Crippen LogP contribution is 2.13. The standard InChI is InChI=1S/C21H21N9O6S3/c31-37(32,16-10-4-1-5-11-16)28-25-19-22-20(26-29-38(33,34)17-12-6-2-7-13-17)24-21(23-19)27-30-39(35,36)18-14-8-3-9-15-18/h1-15,28-30H,(H3,22,23,24,25,26,27). The largest absolute Gasteiger partial charge is 0.275 e. The molecule has 0 atom stereocenters. The van der Waals surface area contributed by atoms with Crippen molar-refractivity contribution in [1.82, 2.24) is 29.4 Å². The first-order valence-corrected chi connectivity index (χ1v) is 15.2. The zero-order valence-corrected chi connectivity index (χ0v) is 22.1. The Morgan fingerprint density at radius 1 is 0.385 bits per heavy atom. The smallest absolute Gasteiger partial charge is 0.257 e. The van der Waals surface area contributed by atoms with Gasteiger partial charge in [-0.15, -0.1) is 14.5 Å². The molecule has 0 bridgehead atoms. The summed E-state index contributed by atoms with van der Waals surface area (Å²) in [5.41, 5.74) is 6.86. The highest BCUT2D eigenvalue weighted by molar-refractivity contribution is 7.90. The van der Waals surface area contributed by atoms with Crippen LogP contribution in [0.1, 0.15) is 0 Å². The second-order valence-electron chi connectivity index (χ2n) is 7.44. The van der Waals surface area contributed by atoms with E-state index in [1.807, 2.05) is 0 Å². The fraction of sp³-hybridized carbons (Fsp3) is 0. The summed E-state index contributed by atoms with van der Waals surface area (Å²) in [5, 5.41) is 0. The molecule has 0 saturated heterocycles. The van der Waals surface area contributed by atoms with Crippen molar-refractivity contribution in [3.63, 3.8) is 0 Å². The van der Waals surface area contributed by atoms with Gasteiger partial charge in [0.25, 0.3) is 30.1 Å². The van der Waals surface area contributed by atoms with Crippen LogP contribution in [-0.2, 0) is 30.1 Å². The van der Waals surface area contributed by atoms with Crippen molar-refractivity contribution in [3.8, 4) is 0 Å². The van der Waals surface area contributed by atoms with Gasteiger partial charge in [-0.2, -0.15) is 15.0 Å². The predicted octanol–water partition coefficient (Wildman–Crippen LogP) is 0.788. The second-order valence-corrected chi connectivity index (χ2v) is 12.5. The van der Waals surface area contributed by atoms with Gasteiger partial charge in [-0.3, -0.25) is 16.3 Å². The van der Waals surface area contributed by atoms with Crippen LogP contribution in [0.2, 0.25) is 0 Å². The van der Waals surface area contributed by atoms with Gasteiger partial charge in [-0.1, -0.05) is 54.6 Å².